The van der Waals surface area contributed by atoms with Crippen LogP contribution in [0.25, 0.3) is 0 Å². The van der Waals surface area contributed by atoms with Crippen molar-refractivity contribution in [2.24, 2.45) is 0 Å². The number of rotatable bonds is 3. The summed E-state index contributed by atoms with van der Waals surface area (Å²) >= 11 is 2.24. The molecule has 4 heteroatoms. The number of alkyl carbamates (subject to hydrolysis) is 1. The quantitative estimate of drug-likeness (QED) is 0.870. The van der Waals surface area contributed by atoms with Crippen molar-refractivity contribution in [1.29, 1.82) is 0 Å². The van der Waals surface area contributed by atoms with Crippen LogP contribution in [-0.4, -0.2) is 12.2 Å². The van der Waals surface area contributed by atoms with E-state index in [2.05, 4.69) is 27.9 Å². The van der Waals surface area contributed by atoms with Gasteiger partial charge in [-0.25, -0.2) is 4.79 Å². The normalized spacial score (nSPS) is 10.1. The summed E-state index contributed by atoms with van der Waals surface area (Å²) in [6.07, 6.45) is -0.453. The van der Waals surface area contributed by atoms with Gasteiger partial charge >= 0.3 is 6.09 Å². The van der Waals surface area contributed by atoms with E-state index in [1.165, 1.54) is 3.57 Å². The number of ether oxygens (including phenoxy) is 1. The molecule has 0 radical (unpaired) electrons. The highest BCUT2D eigenvalue weighted by molar-refractivity contribution is 14.1. The lowest BCUT2D eigenvalue weighted by molar-refractivity contribution is 0.115. The van der Waals surface area contributed by atoms with Crippen LogP contribution in [0.2, 0.25) is 0 Å². The standard InChI is InChI=1S/C11H14INO2/c1-8(2)15-11(14)13-7-9-3-5-10(12)6-4-9/h3-6,8H,7H2,1-2H3,(H,13,14). The second kappa shape index (κ2) is 5.95. The number of hydrogen-bond acceptors (Lipinski definition) is 2. The largest absolute Gasteiger partial charge is 0.447 e. The topological polar surface area (TPSA) is 38.3 Å². The SMILES string of the molecule is CC(C)OC(=O)NCc1ccc(I)cc1. The average molecular weight is 319 g/mol. The molecule has 1 aromatic carbocycles. The van der Waals surface area contributed by atoms with Gasteiger partial charge in [0.2, 0.25) is 0 Å². The summed E-state index contributed by atoms with van der Waals surface area (Å²) in [6, 6.07) is 7.98. The van der Waals surface area contributed by atoms with Crippen molar-refractivity contribution in [3.8, 4) is 0 Å². The molecule has 1 amide bonds. The van der Waals surface area contributed by atoms with Gasteiger partial charge in [0.25, 0.3) is 0 Å². The minimum Gasteiger partial charge on any atom is -0.447 e. The van der Waals surface area contributed by atoms with E-state index < -0.39 is 0 Å². The Morgan fingerprint density at radius 2 is 2.00 bits per heavy atom. The molecule has 1 N–H and O–H groups in total. The molecule has 3 nitrogen and oxygen atoms in total. The Morgan fingerprint density at radius 1 is 1.40 bits per heavy atom. The fraction of sp³-hybridized carbons (Fsp3) is 0.364. The molecule has 1 rings (SSSR count). The van der Waals surface area contributed by atoms with Crippen LogP contribution in [0.15, 0.2) is 24.3 Å². The van der Waals surface area contributed by atoms with Gasteiger partial charge in [0, 0.05) is 10.1 Å². The van der Waals surface area contributed by atoms with Crippen molar-refractivity contribution >= 4 is 28.7 Å². The molecule has 0 saturated carbocycles. The number of carbonyl (C=O) groups is 1. The Balaban J connectivity index is 2.37. The highest BCUT2D eigenvalue weighted by atomic mass is 127. The van der Waals surface area contributed by atoms with Gasteiger partial charge in [-0.1, -0.05) is 12.1 Å². The summed E-state index contributed by atoms with van der Waals surface area (Å²) in [6.45, 7) is 4.15. The molecule has 0 unspecified atom stereocenters. The molecule has 0 atom stereocenters. The Labute approximate surface area is 103 Å². The lowest BCUT2D eigenvalue weighted by Crippen LogP contribution is -2.26. The first kappa shape index (κ1) is 12.3. The molecule has 0 heterocycles. The lowest BCUT2D eigenvalue weighted by Gasteiger charge is -2.09. The van der Waals surface area contributed by atoms with Crippen LogP contribution < -0.4 is 5.32 Å². The van der Waals surface area contributed by atoms with Crippen molar-refractivity contribution in [3.63, 3.8) is 0 Å². The zero-order valence-corrected chi connectivity index (χ0v) is 10.9. The first-order valence-corrected chi connectivity index (χ1v) is 5.84. The van der Waals surface area contributed by atoms with Crippen molar-refractivity contribution in [2.75, 3.05) is 0 Å². The Bertz CT molecular complexity index is 322. The third-order valence-corrected chi connectivity index (χ3v) is 2.41. The van der Waals surface area contributed by atoms with Gasteiger partial charge in [0.05, 0.1) is 6.10 Å². The van der Waals surface area contributed by atoms with Crippen molar-refractivity contribution in [2.45, 2.75) is 26.5 Å². The predicted octanol–water partition coefficient (Wildman–Crippen LogP) is 2.93. The number of amides is 1. The lowest BCUT2D eigenvalue weighted by atomic mass is 10.2. The van der Waals surface area contributed by atoms with Gasteiger partial charge in [-0.05, 0) is 54.1 Å². The van der Waals surface area contributed by atoms with Gasteiger partial charge in [-0.3, -0.25) is 0 Å². The smallest absolute Gasteiger partial charge is 0.407 e. The van der Waals surface area contributed by atoms with E-state index in [-0.39, 0.29) is 12.2 Å². The van der Waals surface area contributed by atoms with Gasteiger partial charge in [0.1, 0.15) is 0 Å². The molecular weight excluding hydrogens is 305 g/mol. The van der Waals surface area contributed by atoms with E-state index in [1.54, 1.807) is 0 Å². The van der Waals surface area contributed by atoms with E-state index in [0.717, 1.165) is 5.56 Å². The molecule has 0 aliphatic heterocycles. The molecular formula is C11H14INO2. The fourth-order valence-corrected chi connectivity index (χ4v) is 1.39. The van der Waals surface area contributed by atoms with E-state index in [9.17, 15) is 4.79 Å². The van der Waals surface area contributed by atoms with Crippen LogP contribution >= 0.6 is 22.6 Å². The zero-order valence-electron chi connectivity index (χ0n) is 8.79. The number of hydrogen-bond donors (Lipinski definition) is 1. The highest BCUT2D eigenvalue weighted by Crippen LogP contribution is 2.06. The summed E-state index contributed by atoms with van der Waals surface area (Å²) in [5.41, 5.74) is 1.07. The van der Waals surface area contributed by atoms with Crippen molar-refractivity contribution in [1.82, 2.24) is 5.32 Å². The molecule has 0 fully saturated rings. The number of nitrogens with one attached hydrogen (secondary N) is 1. The van der Waals surface area contributed by atoms with Crippen molar-refractivity contribution in [3.05, 3.63) is 33.4 Å². The summed E-state index contributed by atoms with van der Waals surface area (Å²) in [5, 5.41) is 2.69. The minimum absolute atomic E-state index is 0.0817. The van der Waals surface area contributed by atoms with Gasteiger partial charge < -0.3 is 10.1 Å². The van der Waals surface area contributed by atoms with Crippen molar-refractivity contribution < 1.29 is 9.53 Å². The maximum absolute atomic E-state index is 11.2. The van der Waals surface area contributed by atoms with Crippen LogP contribution in [0.4, 0.5) is 4.79 Å². The molecule has 0 spiro atoms. The number of halogens is 1. The summed E-state index contributed by atoms with van der Waals surface area (Å²) in [7, 11) is 0. The molecule has 0 aliphatic carbocycles. The van der Waals surface area contributed by atoms with Gasteiger partial charge in [-0.2, -0.15) is 0 Å². The summed E-state index contributed by atoms with van der Waals surface area (Å²) in [5.74, 6) is 0. The van der Waals surface area contributed by atoms with Crippen LogP contribution in [0.5, 0.6) is 0 Å². The molecule has 0 bridgehead atoms. The number of carbonyl (C=O) groups excluding carboxylic acids is 1. The van der Waals surface area contributed by atoms with Crippen LogP contribution in [-0.2, 0) is 11.3 Å². The van der Waals surface area contributed by atoms with Gasteiger partial charge in [-0.15, -0.1) is 0 Å². The second-order valence-electron chi connectivity index (χ2n) is 3.43. The zero-order chi connectivity index (χ0) is 11.3. The molecule has 0 aromatic heterocycles. The Kier molecular flexibility index (Phi) is 4.87. The predicted molar refractivity (Wildman–Crippen MR) is 67.6 cm³/mol. The van der Waals surface area contributed by atoms with Crippen LogP contribution in [0, 0.1) is 3.57 Å². The first-order chi connectivity index (χ1) is 7.08. The number of benzene rings is 1. The summed E-state index contributed by atoms with van der Waals surface area (Å²) < 4.78 is 6.13. The minimum atomic E-state index is -0.372. The molecule has 0 aliphatic rings. The maximum Gasteiger partial charge on any atom is 0.407 e. The van der Waals surface area contributed by atoms with Crippen LogP contribution in [0.1, 0.15) is 19.4 Å². The average Bonchev–Trinajstić information content (AvgIpc) is 2.16. The fourth-order valence-electron chi connectivity index (χ4n) is 1.03. The maximum atomic E-state index is 11.2. The van der Waals surface area contributed by atoms with E-state index in [0.29, 0.717) is 6.54 Å². The molecule has 82 valence electrons. The monoisotopic (exact) mass is 319 g/mol. The third-order valence-electron chi connectivity index (χ3n) is 1.69. The highest BCUT2D eigenvalue weighted by Gasteiger charge is 2.03. The Hall–Kier alpha value is -0.780. The van der Waals surface area contributed by atoms with E-state index >= 15 is 0 Å². The third kappa shape index (κ3) is 5.01. The molecule has 1 aromatic rings. The van der Waals surface area contributed by atoms with E-state index in [1.807, 2.05) is 38.1 Å². The van der Waals surface area contributed by atoms with Crippen LogP contribution in [0.3, 0.4) is 0 Å². The summed E-state index contributed by atoms with van der Waals surface area (Å²) in [4.78, 5) is 11.2. The second-order valence-corrected chi connectivity index (χ2v) is 4.68. The molecule has 0 saturated heterocycles. The van der Waals surface area contributed by atoms with E-state index in [4.69, 9.17) is 4.74 Å². The van der Waals surface area contributed by atoms with Gasteiger partial charge in [0.15, 0.2) is 0 Å². The first-order valence-electron chi connectivity index (χ1n) is 4.77. The molecule has 15 heavy (non-hydrogen) atoms. The Morgan fingerprint density at radius 3 is 2.53 bits per heavy atom.